The van der Waals surface area contributed by atoms with Gasteiger partial charge in [0, 0.05) is 23.0 Å². The fraction of sp³-hybridized carbons (Fsp3) is 0.381. The highest BCUT2D eigenvalue weighted by molar-refractivity contribution is 7.09. The molecule has 4 amide bonds. The van der Waals surface area contributed by atoms with Crippen LogP contribution < -0.4 is 9.47 Å². The highest BCUT2D eigenvalue weighted by atomic mass is 32.1. The van der Waals surface area contributed by atoms with Crippen LogP contribution >= 0.6 is 11.3 Å². The van der Waals surface area contributed by atoms with E-state index in [0.29, 0.717) is 12.3 Å². The van der Waals surface area contributed by atoms with Crippen LogP contribution in [0, 0.1) is 0 Å². The van der Waals surface area contributed by atoms with E-state index in [2.05, 4.69) is 0 Å². The van der Waals surface area contributed by atoms with Gasteiger partial charge in [-0.05, 0) is 42.5 Å². The maximum Gasteiger partial charge on any atom is 0.335 e. The van der Waals surface area contributed by atoms with Gasteiger partial charge in [0.15, 0.2) is 0 Å². The van der Waals surface area contributed by atoms with Gasteiger partial charge in [0.05, 0.1) is 27.4 Å². The number of carbonyl (C=O) groups is 3. The molecule has 0 aliphatic carbocycles. The van der Waals surface area contributed by atoms with Gasteiger partial charge in [0.2, 0.25) is 0 Å². The second-order valence-corrected chi connectivity index (χ2v) is 8.24. The van der Waals surface area contributed by atoms with Crippen LogP contribution in [0.1, 0.15) is 29.3 Å². The zero-order chi connectivity index (χ0) is 21.3. The van der Waals surface area contributed by atoms with Crippen molar-refractivity contribution in [3.63, 3.8) is 0 Å². The Hall–Kier alpha value is -2.91. The standard InChI is InChI=1S/C21H23N3O5S/c1-28-14-7-8-18(29-2)16(11-14)17-6-3-9-22(17)13-24-20(26)19(25)23(21(24)27)12-15-5-4-10-30-15/h4-5,7-8,10-11,17H,3,6,9,12-13H2,1-2H3/t17-/m0/s1. The quantitative estimate of drug-likeness (QED) is 0.497. The van der Waals surface area contributed by atoms with Crippen molar-refractivity contribution in [2.75, 3.05) is 27.4 Å². The van der Waals surface area contributed by atoms with E-state index in [1.165, 1.54) is 11.3 Å². The van der Waals surface area contributed by atoms with Gasteiger partial charge in [0.1, 0.15) is 11.5 Å². The van der Waals surface area contributed by atoms with Gasteiger partial charge in [-0.1, -0.05) is 6.07 Å². The SMILES string of the molecule is COc1ccc(OC)c([C@@H]2CCCN2CN2C(=O)C(=O)N(Cc3cccs3)C2=O)c1. The molecule has 2 aliphatic heterocycles. The molecule has 4 rings (SSSR count). The highest BCUT2D eigenvalue weighted by Gasteiger charge is 2.46. The van der Waals surface area contributed by atoms with E-state index in [1.54, 1.807) is 14.2 Å². The summed E-state index contributed by atoms with van der Waals surface area (Å²) in [5.41, 5.74) is 0.940. The molecule has 0 unspecified atom stereocenters. The van der Waals surface area contributed by atoms with Crippen molar-refractivity contribution < 1.29 is 23.9 Å². The first-order valence-electron chi connectivity index (χ1n) is 9.69. The van der Waals surface area contributed by atoms with Crippen LogP contribution in [0.3, 0.4) is 0 Å². The number of hydrogen-bond donors (Lipinski definition) is 0. The third-order valence-electron chi connectivity index (χ3n) is 5.51. The summed E-state index contributed by atoms with van der Waals surface area (Å²) in [6, 6.07) is 8.67. The van der Waals surface area contributed by atoms with Crippen LogP contribution in [0.5, 0.6) is 11.5 Å². The van der Waals surface area contributed by atoms with Gasteiger partial charge in [-0.2, -0.15) is 0 Å². The summed E-state index contributed by atoms with van der Waals surface area (Å²) >= 11 is 1.44. The molecule has 1 aromatic heterocycles. The van der Waals surface area contributed by atoms with E-state index in [4.69, 9.17) is 9.47 Å². The Labute approximate surface area is 178 Å². The number of rotatable bonds is 7. The fourth-order valence-corrected chi connectivity index (χ4v) is 4.69. The van der Waals surface area contributed by atoms with Crippen LogP contribution in [0.2, 0.25) is 0 Å². The molecule has 2 saturated heterocycles. The molecule has 2 fully saturated rings. The van der Waals surface area contributed by atoms with Crippen molar-refractivity contribution in [1.29, 1.82) is 0 Å². The van der Waals surface area contributed by atoms with E-state index in [9.17, 15) is 14.4 Å². The predicted octanol–water partition coefficient (Wildman–Crippen LogP) is 2.85. The van der Waals surface area contributed by atoms with Crippen molar-refractivity contribution >= 4 is 29.2 Å². The largest absolute Gasteiger partial charge is 0.497 e. The normalized spacial score (nSPS) is 19.8. The fourth-order valence-electron chi connectivity index (χ4n) is 4.00. The van der Waals surface area contributed by atoms with E-state index in [-0.39, 0.29) is 19.3 Å². The Morgan fingerprint density at radius 3 is 2.57 bits per heavy atom. The number of amides is 4. The van der Waals surface area contributed by atoms with Crippen molar-refractivity contribution in [3.8, 4) is 11.5 Å². The first-order valence-corrected chi connectivity index (χ1v) is 10.6. The second-order valence-electron chi connectivity index (χ2n) is 7.21. The summed E-state index contributed by atoms with van der Waals surface area (Å²) in [7, 11) is 3.21. The molecule has 0 spiro atoms. The number of thiophene rings is 1. The van der Waals surface area contributed by atoms with Crippen molar-refractivity contribution in [2.24, 2.45) is 0 Å². The molecule has 0 saturated carbocycles. The molecular formula is C21H23N3O5S. The third kappa shape index (κ3) is 3.66. The molecular weight excluding hydrogens is 406 g/mol. The minimum absolute atomic E-state index is 0.0444. The topological polar surface area (TPSA) is 79.4 Å². The van der Waals surface area contributed by atoms with Gasteiger partial charge >= 0.3 is 17.8 Å². The van der Waals surface area contributed by atoms with Gasteiger partial charge in [-0.15, -0.1) is 11.3 Å². The number of urea groups is 1. The smallest absolute Gasteiger partial charge is 0.335 e. The van der Waals surface area contributed by atoms with Crippen molar-refractivity contribution in [3.05, 3.63) is 46.2 Å². The van der Waals surface area contributed by atoms with Gasteiger partial charge in [-0.3, -0.25) is 19.4 Å². The molecule has 2 aliphatic rings. The van der Waals surface area contributed by atoms with Crippen LogP contribution in [0.4, 0.5) is 4.79 Å². The van der Waals surface area contributed by atoms with Gasteiger partial charge in [0.25, 0.3) is 0 Å². The predicted molar refractivity (Wildman–Crippen MR) is 110 cm³/mol. The molecule has 0 bridgehead atoms. The molecule has 9 heteroatoms. The minimum atomic E-state index is -0.778. The molecule has 0 N–H and O–H groups in total. The lowest BCUT2D eigenvalue weighted by atomic mass is 10.0. The lowest BCUT2D eigenvalue weighted by Crippen LogP contribution is -2.42. The molecule has 30 heavy (non-hydrogen) atoms. The summed E-state index contributed by atoms with van der Waals surface area (Å²) in [5.74, 6) is -0.117. The van der Waals surface area contributed by atoms with E-state index in [0.717, 1.165) is 38.8 Å². The maximum atomic E-state index is 12.9. The lowest BCUT2D eigenvalue weighted by molar-refractivity contribution is -0.144. The van der Waals surface area contributed by atoms with E-state index >= 15 is 0 Å². The third-order valence-corrected chi connectivity index (χ3v) is 6.37. The monoisotopic (exact) mass is 429 g/mol. The Kier molecular flexibility index (Phi) is 5.74. The Balaban J connectivity index is 1.54. The molecule has 1 atom stereocenters. The average molecular weight is 429 g/mol. The molecule has 1 aromatic carbocycles. The Morgan fingerprint density at radius 2 is 1.87 bits per heavy atom. The minimum Gasteiger partial charge on any atom is -0.497 e. The summed E-state index contributed by atoms with van der Waals surface area (Å²) in [5, 5.41) is 1.87. The molecule has 2 aromatic rings. The maximum absolute atomic E-state index is 12.9. The number of nitrogens with zero attached hydrogens (tertiary/aromatic N) is 3. The highest BCUT2D eigenvalue weighted by Crippen LogP contribution is 2.39. The zero-order valence-electron chi connectivity index (χ0n) is 16.9. The van der Waals surface area contributed by atoms with Crippen molar-refractivity contribution in [1.82, 2.24) is 14.7 Å². The van der Waals surface area contributed by atoms with E-state index < -0.39 is 17.8 Å². The first-order chi connectivity index (χ1) is 14.5. The Bertz CT molecular complexity index is 962. The molecule has 158 valence electrons. The first kappa shape index (κ1) is 20.4. The molecule has 0 radical (unpaired) electrons. The molecule has 3 heterocycles. The number of ether oxygens (including phenoxy) is 2. The van der Waals surface area contributed by atoms with Crippen LogP contribution in [-0.4, -0.2) is 60.0 Å². The van der Waals surface area contributed by atoms with Crippen molar-refractivity contribution in [2.45, 2.75) is 25.4 Å². The molecule has 8 nitrogen and oxygen atoms in total. The zero-order valence-corrected chi connectivity index (χ0v) is 17.7. The van der Waals surface area contributed by atoms with Crippen LogP contribution in [0.15, 0.2) is 35.7 Å². The summed E-state index contributed by atoms with van der Waals surface area (Å²) in [4.78, 5) is 42.8. The number of imide groups is 2. The number of benzene rings is 1. The number of carbonyl (C=O) groups excluding carboxylic acids is 3. The van der Waals surface area contributed by atoms with E-state index in [1.807, 2.05) is 40.6 Å². The Morgan fingerprint density at radius 1 is 1.07 bits per heavy atom. The second kappa shape index (κ2) is 8.45. The summed E-state index contributed by atoms with van der Waals surface area (Å²) < 4.78 is 10.9. The van der Waals surface area contributed by atoms with Crippen LogP contribution in [-0.2, 0) is 16.1 Å². The summed E-state index contributed by atoms with van der Waals surface area (Å²) in [6.45, 7) is 0.890. The van der Waals surface area contributed by atoms with Gasteiger partial charge in [-0.25, -0.2) is 9.69 Å². The number of hydrogen-bond acceptors (Lipinski definition) is 7. The summed E-state index contributed by atoms with van der Waals surface area (Å²) in [6.07, 6.45) is 1.76. The number of methoxy groups -OCH3 is 2. The number of likely N-dealkylation sites (tertiary alicyclic amines) is 1. The lowest BCUT2D eigenvalue weighted by Gasteiger charge is -2.29. The van der Waals surface area contributed by atoms with Gasteiger partial charge < -0.3 is 9.47 Å². The average Bonchev–Trinajstić information content (AvgIpc) is 3.49. The van der Waals surface area contributed by atoms with Crippen LogP contribution in [0.25, 0.3) is 0 Å².